The molecule has 0 aromatic heterocycles. The highest BCUT2D eigenvalue weighted by molar-refractivity contribution is 4.75. The second-order valence-corrected chi connectivity index (χ2v) is 4.87. The molecule has 3 heteroatoms. The van der Waals surface area contributed by atoms with Crippen molar-refractivity contribution in [1.29, 1.82) is 0 Å². The molecule has 3 nitrogen and oxygen atoms in total. The summed E-state index contributed by atoms with van der Waals surface area (Å²) in [5.41, 5.74) is 0. The van der Waals surface area contributed by atoms with Crippen LogP contribution in [0.3, 0.4) is 0 Å². The van der Waals surface area contributed by atoms with Gasteiger partial charge in [0.05, 0.1) is 6.10 Å². The molecule has 0 aliphatic carbocycles. The smallest absolute Gasteiger partial charge is 0.0791 e. The van der Waals surface area contributed by atoms with Crippen LogP contribution < -0.4 is 5.32 Å². The molecule has 2 N–H and O–H groups in total. The molecule has 1 fully saturated rings. The lowest BCUT2D eigenvalue weighted by Crippen LogP contribution is -2.39. The van der Waals surface area contributed by atoms with Crippen molar-refractivity contribution < 1.29 is 5.11 Å². The first-order valence-corrected chi connectivity index (χ1v) is 5.71. The predicted octanol–water partition coefficient (Wildman–Crippen LogP) is 0.687. The van der Waals surface area contributed by atoms with Crippen LogP contribution >= 0.6 is 0 Å². The van der Waals surface area contributed by atoms with Crippen molar-refractivity contribution >= 4 is 0 Å². The zero-order chi connectivity index (χ0) is 10.6. The quantitative estimate of drug-likeness (QED) is 0.685. The molecule has 0 spiro atoms. The van der Waals surface area contributed by atoms with Crippen molar-refractivity contribution in [3.63, 3.8) is 0 Å². The van der Waals surface area contributed by atoms with Gasteiger partial charge in [0, 0.05) is 25.7 Å². The maximum absolute atomic E-state index is 9.74. The minimum absolute atomic E-state index is 0.220. The van der Waals surface area contributed by atoms with E-state index < -0.39 is 0 Å². The van der Waals surface area contributed by atoms with Crippen LogP contribution in [0.25, 0.3) is 0 Å². The summed E-state index contributed by atoms with van der Waals surface area (Å²) in [6, 6.07) is 0.460. The van der Waals surface area contributed by atoms with Crippen LogP contribution in [0.2, 0.25) is 0 Å². The van der Waals surface area contributed by atoms with E-state index in [1.54, 1.807) is 0 Å². The molecule has 1 heterocycles. The topological polar surface area (TPSA) is 35.5 Å². The SMILES string of the molecule is CC1CCN(CC(O)CNC(C)C)C1. The van der Waals surface area contributed by atoms with E-state index in [4.69, 9.17) is 0 Å². The summed E-state index contributed by atoms with van der Waals surface area (Å²) in [6.45, 7) is 10.3. The van der Waals surface area contributed by atoms with Crippen LogP contribution in [0.1, 0.15) is 27.2 Å². The Morgan fingerprint density at radius 2 is 2.21 bits per heavy atom. The lowest BCUT2D eigenvalue weighted by molar-refractivity contribution is 0.120. The number of rotatable bonds is 5. The number of aliphatic hydroxyl groups excluding tert-OH is 1. The van der Waals surface area contributed by atoms with Gasteiger partial charge in [0.15, 0.2) is 0 Å². The number of aliphatic hydroxyl groups is 1. The van der Waals surface area contributed by atoms with Crippen LogP contribution in [0, 0.1) is 5.92 Å². The van der Waals surface area contributed by atoms with Gasteiger partial charge in [-0.25, -0.2) is 0 Å². The molecular weight excluding hydrogens is 176 g/mol. The summed E-state index contributed by atoms with van der Waals surface area (Å²) >= 11 is 0. The minimum Gasteiger partial charge on any atom is -0.390 e. The molecule has 1 rings (SSSR count). The lowest BCUT2D eigenvalue weighted by atomic mass is 10.2. The fourth-order valence-corrected chi connectivity index (χ4v) is 1.93. The van der Waals surface area contributed by atoms with Gasteiger partial charge in [0.1, 0.15) is 0 Å². The molecule has 2 unspecified atom stereocenters. The fraction of sp³-hybridized carbons (Fsp3) is 1.00. The zero-order valence-electron chi connectivity index (χ0n) is 9.66. The number of likely N-dealkylation sites (tertiary alicyclic amines) is 1. The summed E-state index contributed by atoms with van der Waals surface area (Å²) in [4.78, 5) is 2.36. The summed E-state index contributed by atoms with van der Waals surface area (Å²) in [5, 5.41) is 13.0. The highest BCUT2D eigenvalue weighted by Gasteiger charge is 2.20. The summed E-state index contributed by atoms with van der Waals surface area (Å²) in [5.74, 6) is 0.806. The Hall–Kier alpha value is -0.120. The second kappa shape index (κ2) is 5.69. The molecule has 1 aliphatic heterocycles. The third kappa shape index (κ3) is 4.40. The van der Waals surface area contributed by atoms with Gasteiger partial charge in [-0.3, -0.25) is 0 Å². The molecule has 1 aliphatic rings. The van der Waals surface area contributed by atoms with E-state index in [0.717, 1.165) is 25.6 Å². The van der Waals surface area contributed by atoms with E-state index in [2.05, 4.69) is 31.0 Å². The Balaban J connectivity index is 2.10. The highest BCUT2D eigenvalue weighted by Crippen LogP contribution is 2.14. The second-order valence-electron chi connectivity index (χ2n) is 4.87. The summed E-state index contributed by atoms with van der Waals surface area (Å²) < 4.78 is 0. The number of hydrogen-bond donors (Lipinski definition) is 2. The first-order valence-electron chi connectivity index (χ1n) is 5.71. The maximum Gasteiger partial charge on any atom is 0.0791 e. The van der Waals surface area contributed by atoms with Gasteiger partial charge < -0.3 is 15.3 Å². The monoisotopic (exact) mass is 200 g/mol. The summed E-state index contributed by atoms with van der Waals surface area (Å²) in [6.07, 6.45) is 1.06. The lowest BCUT2D eigenvalue weighted by Gasteiger charge is -2.20. The Morgan fingerprint density at radius 3 is 2.71 bits per heavy atom. The molecule has 0 saturated carbocycles. The number of β-amino-alcohol motifs (C(OH)–C–C–N with tert-alkyl or cyclic N) is 1. The highest BCUT2D eigenvalue weighted by atomic mass is 16.3. The average Bonchev–Trinajstić information content (AvgIpc) is 2.48. The Bertz CT molecular complexity index is 161. The molecule has 0 radical (unpaired) electrons. The minimum atomic E-state index is -0.220. The van der Waals surface area contributed by atoms with Gasteiger partial charge in [-0.05, 0) is 18.9 Å². The van der Waals surface area contributed by atoms with Crippen LogP contribution in [0.5, 0.6) is 0 Å². The molecule has 0 amide bonds. The van der Waals surface area contributed by atoms with Crippen LogP contribution in [0.4, 0.5) is 0 Å². The Morgan fingerprint density at radius 1 is 1.50 bits per heavy atom. The molecular formula is C11H24N2O. The standard InChI is InChI=1S/C11H24N2O/c1-9(2)12-6-11(14)8-13-5-4-10(3)7-13/h9-12,14H,4-8H2,1-3H3. The van der Waals surface area contributed by atoms with Crippen LogP contribution in [-0.4, -0.2) is 48.3 Å². The van der Waals surface area contributed by atoms with Crippen molar-refractivity contribution in [2.45, 2.75) is 39.3 Å². The van der Waals surface area contributed by atoms with E-state index in [-0.39, 0.29) is 6.10 Å². The molecule has 0 aromatic rings. The number of nitrogens with one attached hydrogen (secondary N) is 1. The van der Waals surface area contributed by atoms with Crippen molar-refractivity contribution in [3.8, 4) is 0 Å². The first-order chi connectivity index (χ1) is 6.58. The number of hydrogen-bond acceptors (Lipinski definition) is 3. The van der Waals surface area contributed by atoms with E-state index in [1.165, 1.54) is 6.42 Å². The largest absolute Gasteiger partial charge is 0.390 e. The predicted molar refractivity (Wildman–Crippen MR) is 59.4 cm³/mol. The zero-order valence-corrected chi connectivity index (χ0v) is 9.66. The van der Waals surface area contributed by atoms with E-state index in [0.29, 0.717) is 12.6 Å². The van der Waals surface area contributed by atoms with E-state index in [1.807, 2.05) is 0 Å². The van der Waals surface area contributed by atoms with Gasteiger partial charge >= 0.3 is 0 Å². The normalized spacial score (nSPS) is 25.9. The van der Waals surface area contributed by atoms with Crippen LogP contribution in [0.15, 0.2) is 0 Å². The van der Waals surface area contributed by atoms with Gasteiger partial charge in [-0.15, -0.1) is 0 Å². The number of nitrogens with zero attached hydrogens (tertiary/aromatic N) is 1. The van der Waals surface area contributed by atoms with Crippen LogP contribution in [-0.2, 0) is 0 Å². The van der Waals surface area contributed by atoms with Crippen molar-refractivity contribution in [1.82, 2.24) is 10.2 Å². The molecule has 0 aromatic carbocycles. The average molecular weight is 200 g/mol. The van der Waals surface area contributed by atoms with Gasteiger partial charge in [0.2, 0.25) is 0 Å². The maximum atomic E-state index is 9.74. The third-order valence-corrected chi connectivity index (χ3v) is 2.74. The fourth-order valence-electron chi connectivity index (χ4n) is 1.93. The summed E-state index contributed by atoms with van der Waals surface area (Å²) in [7, 11) is 0. The molecule has 1 saturated heterocycles. The van der Waals surface area contributed by atoms with Gasteiger partial charge in [-0.2, -0.15) is 0 Å². The van der Waals surface area contributed by atoms with Crippen molar-refractivity contribution in [2.24, 2.45) is 5.92 Å². The molecule has 84 valence electrons. The molecule has 0 bridgehead atoms. The van der Waals surface area contributed by atoms with Gasteiger partial charge in [0.25, 0.3) is 0 Å². The Kier molecular flexibility index (Phi) is 4.85. The van der Waals surface area contributed by atoms with Crippen molar-refractivity contribution in [3.05, 3.63) is 0 Å². The third-order valence-electron chi connectivity index (χ3n) is 2.74. The molecule has 2 atom stereocenters. The van der Waals surface area contributed by atoms with E-state index in [9.17, 15) is 5.11 Å². The Labute approximate surface area is 87.5 Å². The van der Waals surface area contributed by atoms with Crippen molar-refractivity contribution in [2.75, 3.05) is 26.2 Å². The van der Waals surface area contributed by atoms with E-state index >= 15 is 0 Å². The first kappa shape index (κ1) is 12.0. The molecule has 14 heavy (non-hydrogen) atoms. The van der Waals surface area contributed by atoms with Gasteiger partial charge in [-0.1, -0.05) is 20.8 Å².